The highest BCUT2D eigenvalue weighted by Crippen LogP contribution is 2.21. The number of hydrogen-bond acceptors (Lipinski definition) is 3. The highest BCUT2D eigenvalue weighted by atomic mass is 16.5. The number of amides is 1. The van der Waals surface area contributed by atoms with Crippen LogP contribution in [-0.2, 0) is 5.41 Å². The number of carbonyl (C=O) groups excluding carboxylic acids is 1. The Morgan fingerprint density at radius 3 is 2.22 bits per heavy atom. The molecule has 0 saturated heterocycles. The van der Waals surface area contributed by atoms with E-state index in [1.807, 2.05) is 27.7 Å². The van der Waals surface area contributed by atoms with Gasteiger partial charge in [0.05, 0.1) is 5.69 Å². The fourth-order valence-corrected chi connectivity index (χ4v) is 0.983. The van der Waals surface area contributed by atoms with E-state index in [4.69, 9.17) is 4.52 Å². The number of hydrogen-bond donors (Lipinski definition) is 1. The van der Waals surface area contributed by atoms with Gasteiger partial charge in [-0.05, 0) is 12.8 Å². The van der Waals surface area contributed by atoms with Gasteiger partial charge in [0.2, 0.25) is 5.76 Å². The molecule has 0 aliphatic carbocycles. The molecule has 0 radical (unpaired) electrons. The van der Waals surface area contributed by atoms with Crippen molar-refractivity contribution in [3.05, 3.63) is 17.5 Å². The summed E-state index contributed by atoms with van der Waals surface area (Å²) in [6.45, 7) is 15.0. The molecule has 1 heterocycles. The fraction of sp³-hybridized carbons (Fsp3) is 0.714. The summed E-state index contributed by atoms with van der Waals surface area (Å²) in [5.74, 6) is 0.896. The molecule has 104 valence electrons. The van der Waals surface area contributed by atoms with Crippen LogP contribution in [0.25, 0.3) is 0 Å². The first-order valence-corrected chi connectivity index (χ1v) is 6.43. The third-order valence-corrected chi connectivity index (χ3v) is 1.84. The molecular formula is C14H26N2O2. The molecule has 0 aromatic carbocycles. The molecule has 0 unspecified atom stereocenters. The third-order valence-electron chi connectivity index (χ3n) is 1.84. The van der Waals surface area contributed by atoms with Gasteiger partial charge in [-0.25, -0.2) is 0 Å². The van der Waals surface area contributed by atoms with Crippen molar-refractivity contribution in [1.29, 1.82) is 0 Å². The van der Waals surface area contributed by atoms with E-state index in [0.29, 0.717) is 6.54 Å². The first-order chi connectivity index (χ1) is 8.18. The quantitative estimate of drug-likeness (QED) is 0.880. The molecule has 1 rings (SSSR count). The summed E-state index contributed by atoms with van der Waals surface area (Å²) in [5.41, 5.74) is 0.701. The summed E-state index contributed by atoms with van der Waals surface area (Å²) in [6.07, 6.45) is 0. The summed E-state index contributed by atoms with van der Waals surface area (Å²) >= 11 is 0. The molecule has 0 saturated carbocycles. The van der Waals surface area contributed by atoms with Crippen molar-refractivity contribution in [2.75, 3.05) is 6.54 Å². The van der Waals surface area contributed by atoms with Crippen molar-refractivity contribution >= 4 is 5.91 Å². The van der Waals surface area contributed by atoms with Crippen LogP contribution in [0.2, 0.25) is 0 Å². The highest BCUT2D eigenvalue weighted by Gasteiger charge is 2.21. The lowest BCUT2D eigenvalue weighted by Crippen LogP contribution is -2.22. The van der Waals surface area contributed by atoms with Crippen LogP contribution in [-0.4, -0.2) is 17.6 Å². The van der Waals surface area contributed by atoms with Crippen molar-refractivity contribution in [2.45, 2.75) is 53.9 Å². The molecule has 1 aromatic rings. The largest absolute Gasteiger partial charge is 0.351 e. The topological polar surface area (TPSA) is 55.1 Å². The second-order valence-corrected chi connectivity index (χ2v) is 5.92. The van der Waals surface area contributed by atoms with Crippen molar-refractivity contribution in [3.63, 3.8) is 0 Å². The van der Waals surface area contributed by atoms with Crippen molar-refractivity contribution in [3.8, 4) is 0 Å². The first kappa shape index (κ1) is 16.7. The summed E-state index contributed by atoms with van der Waals surface area (Å²) < 4.78 is 4.94. The van der Waals surface area contributed by atoms with Crippen LogP contribution in [0, 0.1) is 5.92 Å². The lowest BCUT2D eigenvalue weighted by Gasteiger charge is -2.12. The minimum absolute atomic E-state index is 0.0890. The normalized spacial score (nSPS) is 10.9. The summed E-state index contributed by atoms with van der Waals surface area (Å²) in [4.78, 5) is 11.3. The van der Waals surface area contributed by atoms with E-state index >= 15 is 0 Å². The fourth-order valence-electron chi connectivity index (χ4n) is 0.983. The lowest BCUT2D eigenvalue weighted by molar-refractivity contribution is 0.0918. The Morgan fingerprint density at radius 1 is 1.39 bits per heavy atom. The van der Waals surface area contributed by atoms with Gasteiger partial charge in [0.1, 0.15) is 0 Å². The molecule has 4 heteroatoms. The number of nitrogens with one attached hydrogen (secondary N) is 1. The Hall–Kier alpha value is -1.32. The zero-order valence-electron chi connectivity index (χ0n) is 12.6. The zero-order valence-corrected chi connectivity index (χ0v) is 12.6. The average molecular weight is 254 g/mol. The molecule has 0 aliphatic rings. The maximum atomic E-state index is 11.3. The maximum absolute atomic E-state index is 11.3. The maximum Gasteiger partial charge on any atom is 0.289 e. The smallest absolute Gasteiger partial charge is 0.289 e. The standard InChI is InChI=1S/C10H16N2O2.C4H10/c1-5-11-9(13)7-6-8(12-14-7)10(2,3)4;1-4(2)3/h6H,5H2,1-4H3,(H,11,13);4H,1-3H3. The minimum atomic E-state index is -0.212. The second kappa shape index (κ2) is 7.19. The Bertz CT molecular complexity index is 359. The number of carbonyl (C=O) groups is 1. The van der Waals surface area contributed by atoms with Gasteiger partial charge in [-0.2, -0.15) is 0 Å². The van der Waals surface area contributed by atoms with Crippen LogP contribution >= 0.6 is 0 Å². The van der Waals surface area contributed by atoms with E-state index in [1.54, 1.807) is 6.07 Å². The number of aromatic nitrogens is 1. The molecule has 1 N–H and O–H groups in total. The summed E-state index contributed by atoms with van der Waals surface area (Å²) in [6, 6.07) is 1.69. The molecule has 18 heavy (non-hydrogen) atoms. The van der Waals surface area contributed by atoms with Crippen LogP contribution in [0.4, 0.5) is 0 Å². The number of rotatable bonds is 2. The van der Waals surface area contributed by atoms with E-state index in [9.17, 15) is 4.79 Å². The second-order valence-electron chi connectivity index (χ2n) is 5.92. The van der Waals surface area contributed by atoms with E-state index in [2.05, 4.69) is 31.2 Å². The average Bonchev–Trinajstić information content (AvgIpc) is 2.64. The molecule has 0 fully saturated rings. The minimum Gasteiger partial charge on any atom is -0.351 e. The predicted octanol–water partition coefficient (Wildman–Crippen LogP) is 3.38. The van der Waals surface area contributed by atoms with Crippen molar-refractivity contribution in [2.24, 2.45) is 5.92 Å². The van der Waals surface area contributed by atoms with Crippen molar-refractivity contribution < 1.29 is 9.32 Å². The Balaban J connectivity index is 0.000000631. The van der Waals surface area contributed by atoms with Gasteiger partial charge in [0, 0.05) is 18.0 Å². The molecule has 1 aromatic heterocycles. The van der Waals surface area contributed by atoms with Gasteiger partial charge in [0.25, 0.3) is 5.91 Å². The SMILES string of the molecule is CC(C)C.CCNC(=O)c1cc(C(C)(C)C)no1. The van der Waals surface area contributed by atoms with Crippen molar-refractivity contribution in [1.82, 2.24) is 10.5 Å². The molecular weight excluding hydrogens is 228 g/mol. The van der Waals surface area contributed by atoms with E-state index in [1.165, 1.54) is 0 Å². The van der Waals surface area contributed by atoms with Crippen LogP contribution < -0.4 is 5.32 Å². The van der Waals surface area contributed by atoms with Gasteiger partial charge in [0.15, 0.2) is 0 Å². The highest BCUT2D eigenvalue weighted by molar-refractivity contribution is 5.91. The molecule has 0 atom stereocenters. The third kappa shape index (κ3) is 6.42. The molecule has 0 spiro atoms. The summed E-state index contributed by atoms with van der Waals surface area (Å²) in [7, 11) is 0. The lowest BCUT2D eigenvalue weighted by atomic mass is 9.92. The van der Waals surface area contributed by atoms with Gasteiger partial charge in [-0.15, -0.1) is 0 Å². The van der Waals surface area contributed by atoms with Gasteiger partial charge in [-0.1, -0.05) is 46.7 Å². The molecule has 1 amide bonds. The monoisotopic (exact) mass is 254 g/mol. The Labute approximate surface area is 110 Å². The predicted molar refractivity (Wildman–Crippen MR) is 73.7 cm³/mol. The van der Waals surface area contributed by atoms with Crippen LogP contribution in [0.5, 0.6) is 0 Å². The van der Waals surface area contributed by atoms with E-state index in [-0.39, 0.29) is 17.1 Å². The molecule has 4 nitrogen and oxygen atoms in total. The van der Waals surface area contributed by atoms with Gasteiger partial charge >= 0.3 is 0 Å². The van der Waals surface area contributed by atoms with Crippen LogP contribution in [0.15, 0.2) is 10.6 Å². The van der Waals surface area contributed by atoms with E-state index in [0.717, 1.165) is 11.6 Å². The zero-order chi connectivity index (χ0) is 14.3. The summed E-state index contributed by atoms with van der Waals surface area (Å²) in [5, 5.41) is 6.51. The van der Waals surface area contributed by atoms with Crippen LogP contribution in [0.3, 0.4) is 0 Å². The van der Waals surface area contributed by atoms with Gasteiger partial charge < -0.3 is 9.84 Å². The van der Waals surface area contributed by atoms with E-state index < -0.39 is 0 Å². The Morgan fingerprint density at radius 2 is 1.89 bits per heavy atom. The first-order valence-electron chi connectivity index (χ1n) is 6.43. The molecule has 0 aliphatic heterocycles. The van der Waals surface area contributed by atoms with Gasteiger partial charge in [-0.3, -0.25) is 4.79 Å². The van der Waals surface area contributed by atoms with Crippen LogP contribution in [0.1, 0.15) is 64.7 Å². The molecule has 0 bridgehead atoms. The Kier molecular flexibility index (Phi) is 6.66. The number of nitrogens with zero attached hydrogens (tertiary/aromatic N) is 1.